The summed E-state index contributed by atoms with van der Waals surface area (Å²) in [6.45, 7) is 0.688. The van der Waals surface area contributed by atoms with Crippen molar-refractivity contribution in [3.8, 4) is 0 Å². The zero-order valence-corrected chi connectivity index (χ0v) is 5.20. The first kappa shape index (κ1) is 6.32. The first-order valence-electron chi connectivity index (χ1n) is 2.91. The molecule has 0 atom stereocenters. The minimum absolute atomic E-state index is 0.252. The standard InChI is InChI=1S/C6H11N3/c7-6(8)5-9-3-1-2-4-9/h1-4,6H,5,7-8H2. The van der Waals surface area contributed by atoms with Crippen LogP contribution in [0.3, 0.4) is 0 Å². The Kier molecular flexibility index (Phi) is 1.87. The fourth-order valence-electron chi connectivity index (χ4n) is 0.735. The Bertz CT molecular complexity index is 155. The average Bonchev–Trinajstić information content (AvgIpc) is 2.15. The highest BCUT2D eigenvalue weighted by Gasteiger charge is 1.92. The van der Waals surface area contributed by atoms with E-state index in [1.807, 2.05) is 29.1 Å². The monoisotopic (exact) mass is 125 g/mol. The van der Waals surface area contributed by atoms with Crippen molar-refractivity contribution in [2.75, 3.05) is 0 Å². The molecule has 0 aliphatic heterocycles. The van der Waals surface area contributed by atoms with Gasteiger partial charge in [-0.05, 0) is 12.1 Å². The molecule has 0 bridgehead atoms. The van der Waals surface area contributed by atoms with E-state index in [9.17, 15) is 0 Å². The van der Waals surface area contributed by atoms with Crippen LogP contribution in [-0.4, -0.2) is 10.7 Å². The number of rotatable bonds is 2. The van der Waals surface area contributed by atoms with Crippen LogP contribution >= 0.6 is 0 Å². The Hall–Kier alpha value is -0.800. The summed E-state index contributed by atoms with van der Waals surface area (Å²) in [7, 11) is 0. The van der Waals surface area contributed by atoms with Gasteiger partial charge in [-0.3, -0.25) is 0 Å². The molecule has 0 fully saturated rings. The van der Waals surface area contributed by atoms with E-state index >= 15 is 0 Å². The quantitative estimate of drug-likeness (QED) is 0.535. The second-order valence-electron chi connectivity index (χ2n) is 2.04. The van der Waals surface area contributed by atoms with E-state index in [1.54, 1.807) is 0 Å². The molecule has 0 spiro atoms. The summed E-state index contributed by atoms with van der Waals surface area (Å²) >= 11 is 0. The smallest absolute Gasteiger partial charge is 0.0705 e. The minimum Gasteiger partial charge on any atom is -0.351 e. The third kappa shape index (κ3) is 1.87. The predicted octanol–water partition coefficient (Wildman–Crippen LogP) is -0.268. The van der Waals surface area contributed by atoms with Crippen molar-refractivity contribution in [2.24, 2.45) is 11.5 Å². The lowest BCUT2D eigenvalue weighted by atomic mass is 10.5. The molecule has 3 heteroatoms. The molecule has 1 heterocycles. The molecular formula is C6H11N3. The Labute approximate surface area is 54.3 Å². The zero-order valence-electron chi connectivity index (χ0n) is 5.20. The van der Waals surface area contributed by atoms with E-state index in [0.29, 0.717) is 6.54 Å². The van der Waals surface area contributed by atoms with Gasteiger partial charge < -0.3 is 16.0 Å². The van der Waals surface area contributed by atoms with Gasteiger partial charge in [-0.25, -0.2) is 0 Å². The average molecular weight is 125 g/mol. The summed E-state index contributed by atoms with van der Waals surface area (Å²) < 4.78 is 1.95. The Morgan fingerprint density at radius 3 is 2.22 bits per heavy atom. The lowest BCUT2D eigenvalue weighted by Crippen LogP contribution is -2.34. The summed E-state index contributed by atoms with van der Waals surface area (Å²) in [6.07, 6.45) is 3.62. The van der Waals surface area contributed by atoms with E-state index in [-0.39, 0.29) is 6.17 Å². The minimum atomic E-state index is -0.252. The van der Waals surface area contributed by atoms with Crippen molar-refractivity contribution >= 4 is 0 Å². The summed E-state index contributed by atoms with van der Waals surface area (Å²) in [5.41, 5.74) is 10.7. The molecule has 50 valence electrons. The molecule has 1 aromatic heterocycles. The van der Waals surface area contributed by atoms with Crippen LogP contribution in [0.15, 0.2) is 24.5 Å². The Balaban J connectivity index is 2.48. The number of hydrogen-bond acceptors (Lipinski definition) is 2. The van der Waals surface area contributed by atoms with Crippen LogP contribution in [0, 0.1) is 0 Å². The van der Waals surface area contributed by atoms with Gasteiger partial charge in [0.2, 0.25) is 0 Å². The van der Waals surface area contributed by atoms with Gasteiger partial charge in [0.15, 0.2) is 0 Å². The van der Waals surface area contributed by atoms with Crippen molar-refractivity contribution in [3.63, 3.8) is 0 Å². The van der Waals surface area contributed by atoms with Gasteiger partial charge in [0.05, 0.1) is 12.7 Å². The molecule has 0 unspecified atom stereocenters. The molecule has 3 nitrogen and oxygen atoms in total. The van der Waals surface area contributed by atoms with Crippen LogP contribution in [0.5, 0.6) is 0 Å². The molecule has 0 saturated heterocycles. The fraction of sp³-hybridized carbons (Fsp3) is 0.333. The van der Waals surface area contributed by atoms with Gasteiger partial charge in [-0.2, -0.15) is 0 Å². The number of nitrogens with zero attached hydrogens (tertiary/aromatic N) is 1. The van der Waals surface area contributed by atoms with Crippen LogP contribution in [0.4, 0.5) is 0 Å². The van der Waals surface area contributed by atoms with E-state index < -0.39 is 0 Å². The van der Waals surface area contributed by atoms with Crippen LogP contribution in [0.2, 0.25) is 0 Å². The maximum absolute atomic E-state index is 5.34. The van der Waals surface area contributed by atoms with Crippen LogP contribution in [-0.2, 0) is 6.54 Å². The maximum Gasteiger partial charge on any atom is 0.0705 e. The first-order chi connectivity index (χ1) is 4.29. The Morgan fingerprint density at radius 1 is 1.22 bits per heavy atom. The van der Waals surface area contributed by atoms with Gasteiger partial charge in [-0.1, -0.05) is 0 Å². The van der Waals surface area contributed by atoms with Crippen molar-refractivity contribution < 1.29 is 0 Å². The molecule has 1 rings (SSSR count). The molecule has 1 aromatic rings. The van der Waals surface area contributed by atoms with Crippen molar-refractivity contribution in [3.05, 3.63) is 24.5 Å². The normalized spacial score (nSPS) is 10.6. The number of aromatic nitrogens is 1. The molecule has 9 heavy (non-hydrogen) atoms. The predicted molar refractivity (Wildman–Crippen MR) is 36.6 cm³/mol. The maximum atomic E-state index is 5.34. The molecular weight excluding hydrogens is 114 g/mol. The van der Waals surface area contributed by atoms with E-state index in [2.05, 4.69) is 0 Å². The zero-order chi connectivity index (χ0) is 6.69. The highest BCUT2D eigenvalue weighted by atomic mass is 15.0. The third-order valence-electron chi connectivity index (χ3n) is 1.09. The third-order valence-corrected chi connectivity index (χ3v) is 1.09. The lowest BCUT2D eigenvalue weighted by Gasteiger charge is -2.04. The summed E-state index contributed by atoms with van der Waals surface area (Å²) in [4.78, 5) is 0. The van der Waals surface area contributed by atoms with Gasteiger partial charge in [-0.15, -0.1) is 0 Å². The van der Waals surface area contributed by atoms with E-state index in [4.69, 9.17) is 11.5 Å². The lowest BCUT2D eigenvalue weighted by molar-refractivity contribution is 0.572. The van der Waals surface area contributed by atoms with Crippen molar-refractivity contribution in [1.29, 1.82) is 0 Å². The van der Waals surface area contributed by atoms with Crippen molar-refractivity contribution in [1.82, 2.24) is 4.57 Å². The molecule has 0 amide bonds. The SMILES string of the molecule is NC(N)Cn1cccc1. The van der Waals surface area contributed by atoms with Gasteiger partial charge >= 0.3 is 0 Å². The summed E-state index contributed by atoms with van der Waals surface area (Å²) in [5, 5.41) is 0. The highest BCUT2D eigenvalue weighted by Crippen LogP contribution is 1.88. The number of nitrogens with two attached hydrogens (primary N) is 2. The summed E-state index contributed by atoms with van der Waals surface area (Å²) in [5.74, 6) is 0. The molecule has 0 radical (unpaired) electrons. The second-order valence-corrected chi connectivity index (χ2v) is 2.04. The van der Waals surface area contributed by atoms with E-state index in [0.717, 1.165) is 0 Å². The highest BCUT2D eigenvalue weighted by molar-refractivity contribution is 4.90. The molecule has 0 saturated carbocycles. The van der Waals surface area contributed by atoms with Crippen LogP contribution in [0.1, 0.15) is 0 Å². The molecule has 4 N–H and O–H groups in total. The number of hydrogen-bond donors (Lipinski definition) is 2. The summed E-state index contributed by atoms with van der Waals surface area (Å²) in [6, 6.07) is 3.89. The molecule has 0 aliphatic rings. The largest absolute Gasteiger partial charge is 0.351 e. The van der Waals surface area contributed by atoms with Gasteiger partial charge in [0, 0.05) is 12.4 Å². The van der Waals surface area contributed by atoms with Gasteiger partial charge in [0.1, 0.15) is 0 Å². The molecule has 0 aromatic carbocycles. The van der Waals surface area contributed by atoms with Crippen LogP contribution < -0.4 is 11.5 Å². The van der Waals surface area contributed by atoms with Crippen LogP contribution in [0.25, 0.3) is 0 Å². The van der Waals surface area contributed by atoms with E-state index in [1.165, 1.54) is 0 Å². The van der Waals surface area contributed by atoms with Gasteiger partial charge in [0.25, 0.3) is 0 Å². The molecule has 0 aliphatic carbocycles. The van der Waals surface area contributed by atoms with Crippen molar-refractivity contribution in [2.45, 2.75) is 12.7 Å². The topological polar surface area (TPSA) is 57.0 Å². The fourth-order valence-corrected chi connectivity index (χ4v) is 0.735. The Morgan fingerprint density at radius 2 is 1.78 bits per heavy atom. The first-order valence-corrected chi connectivity index (χ1v) is 2.91. The second kappa shape index (κ2) is 2.66.